The normalized spacial score (nSPS) is 19.1. The minimum Gasteiger partial charge on any atom is -0.342 e. The van der Waals surface area contributed by atoms with Crippen LogP contribution in [0.5, 0.6) is 0 Å². The third-order valence-electron chi connectivity index (χ3n) is 4.74. The van der Waals surface area contributed by atoms with Gasteiger partial charge in [0.15, 0.2) is 0 Å². The molecule has 25 heavy (non-hydrogen) atoms. The average Bonchev–Trinajstić information content (AvgIpc) is 2.64. The van der Waals surface area contributed by atoms with Gasteiger partial charge >= 0.3 is 0 Å². The van der Waals surface area contributed by atoms with E-state index in [0.717, 1.165) is 25.9 Å². The van der Waals surface area contributed by atoms with Gasteiger partial charge in [-0.05, 0) is 31.4 Å². The number of carbonyl (C=O) groups excluding carboxylic acids is 2. The van der Waals surface area contributed by atoms with E-state index in [1.807, 2.05) is 4.90 Å². The third kappa shape index (κ3) is 4.63. The Labute approximate surface area is 157 Å². The molecular formula is C17H22Cl2N4O2. The van der Waals surface area contributed by atoms with Gasteiger partial charge in [-0.15, -0.1) is 0 Å². The van der Waals surface area contributed by atoms with Crippen LogP contribution in [0.4, 0.5) is 0 Å². The summed E-state index contributed by atoms with van der Waals surface area (Å²) < 4.78 is 0. The van der Waals surface area contributed by atoms with Crippen molar-refractivity contribution in [3.63, 3.8) is 0 Å². The Morgan fingerprint density at radius 3 is 2.28 bits per heavy atom. The lowest BCUT2D eigenvalue weighted by molar-refractivity contribution is -0.133. The molecule has 0 spiro atoms. The van der Waals surface area contributed by atoms with Crippen LogP contribution in [-0.2, 0) is 4.79 Å². The lowest BCUT2D eigenvalue weighted by Gasteiger charge is -2.36. The van der Waals surface area contributed by atoms with Gasteiger partial charge in [-0.1, -0.05) is 23.2 Å². The highest BCUT2D eigenvalue weighted by atomic mass is 35.5. The summed E-state index contributed by atoms with van der Waals surface area (Å²) in [6.07, 6.45) is 3.41. The van der Waals surface area contributed by atoms with Gasteiger partial charge in [-0.2, -0.15) is 0 Å². The number of amides is 2. The maximum atomic E-state index is 12.6. The number of carbonyl (C=O) groups is 2. The van der Waals surface area contributed by atoms with E-state index in [9.17, 15) is 9.59 Å². The first-order valence-electron chi connectivity index (χ1n) is 8.66. The van der Waals surface area contributed by atoms with Gasteiger partial charge in [0.25, 0.3) is 5.91 Å². The molecule has 0 bridgehead atoms. The molecule has 136 valence electrons. The summed E-state index contributed by atoms with van der Waals surface area (Å²) in [5.41, 5.74) is 0.187. The second kappa shape index (κ2) is 8.34. The third-order valence-corrected chi connectivity index (χ3v) is 5.26. The van der Waals surface area contributed by atoms with Crippen LogP contribution in [0.3, 0.4) is 0 Å². The molecule has 2 fully saturated rings. The molecule has 6 nitrogen and oxygen atoms in total. The largest absolute Gasteiger partial charge is 0.342 e. The number of hydrogen-bond acceptors (Lipinski definition) is 4. The first kappa shape index (κ1) is 18.4. The van der Waals surface area contributed by atoms with Crippen LogP contribution in [0.15, 0.2) is 12.1 Å². The molecule has 0 unspecified atom stereocenters. The molecule has 0 saturated carbocycles. The van der Waals surface area contributed by atoms with Gasteiger partial charge in [0.2, 0.25) is 5.91 Å². The summed E-state index contributed by atoms with van der Waals surface area (Å²) in [4.78, 5) is 34.7. The maximum Gasteiger partial charge on any atom is 0.274 e. The highest BCUT2D eigenvalue weighted by Crippen LogP contribution is 2.19. The maximum absolute atomic E-state index is 12.6. The number of piperidine rings is 1. The molecular weight excluding hydrogens is 363 g/mol. The van der Waals surface area contributed by atoms with Crippen molar-refractivity contribution in [2.24, 2.45) is 0 Å². The molecule has 8 heteroatoms. The van der Waals surface area contributed by atoms with E-state index < -0.39 is 0 Å². The summed E-state index contributed by atoms with van der Waals surface area (Å²) in [7, 11) is 0. The molecule has 2 aliphatic rings. The van der Waals surface area contributed by atoms with E-state index in [1.165, 1.54) is 6.42 Å². The molecule has 2 aliphatic heterocycles. The molecule has 0 aliphatic carbocycles. The summed E-state index contributed by atoms with van der Waals surface area (Å²) in [6, 6.07) is 3.14. The Bertz CT molecular complexity index is 642. The van der Waals surface area contributed by atoms with Crippen LogP contribution >= 0.6 is 23.2 Å². The Morgan fingerprint density at radius 2 is 1.60 bits per heavy atom. The summed E-state index contributed by atoms with van der Waals surface area (Å²) >= 11 is 11.9. The number of aromatic nitrogens is 1. The quantitative estimate of drug-likeness (QED) is 0.749. The van der Waals surface area contributed by atoms with Gasteiger partial charge in [-0.25, -0.2) is 4.98 Å². The van der Waals surface area contributed by atoms with Gasteiger partial charge in [-0.3, -0.25) is 14.5 Å². The van der Waals surface area contributed by atoms with E-state index in [-0.39, 0.29) is 22.7 Å². The molecule has 3 rings (SSSR count). The smallest absolute Gasteiger partial charge is 0.274 e. The number of rotatable bonds is 3. The first-order valence-corrected chi connectivity index (χ1v) is 9.41. The van der Waals surface area contributed by atoms with E-state index in [1.54, 1.807) is 17.0 Å². The van der Waals surface area contributed by atoms with Crippen molar-refractivity contribution in [1.29, 1.82) is 0 Å². The Balaban J connectivity index is 1.52. The zero-order valence-corrected chi connectivity index (χ0v) is 15.6. The van der Waals surface area contributed by atoms with Crippen LogP contribution in [0.2, 0.25) is 10.2 Å². The van der Waals surface area contributed by atoms with Crippen LogP contribution in [-0.4, -0.2) is 77.3 Å². The molecule has 0 radical (unpaired) electrons. The molecule has 0 N–H and O–H groups in total. The van der Waals surface area contributed by atoms with Crippen LogP contribution in [0, 0.1) is 0 Å². The lowest BCUT2D eigenvalue weighted by atomic mass is 10.1. The Kier molecular flexibility index (Phi) is 6.15. The minimum absolute atomic E-state index is 0.187. The van der Waals surface area contributed by atoms with E-state index >= 15 is 0 Å². The van der Waals surface area contributed by atoms with E-state index in [4.69, 9.17) is 23.2 Å². The fraction of sp³-hybridized carbons (Fsp3) is 0.588. The summed E-state index contributed by atoms with van der Waals surface area (Å²) in [5, 5.41) is 0.552. The molecule has 0 atom stereocenters. The van der Waals surface area contributed by atoms with Crippen molar-refractivity contribution in [3.05, 3.63) is 28.0 Å². The predicted octanol–water partition coefficient (Wildman–Crippen LogP) is 2.16. The molecule has 0 aromatic carbocycles. The lowest BCUT2D eigenvalue weighted by Crippen LogP contribution is -2.52. The fourth-order valence-corrected chi connectivity index (χ4v) is 3.60. The van der Waals surface area contributed by atoms with Crippen molar-refractivity contribution in [3.8, 4) is 0 Å². The number of nitrogens with zero attached hydrogens (tertiary/aromatic N) is 4. The average molecular weight is 385 g/mol. The van der Waals surface area contributed by atoms with E-state index in [2.05, 4.69) is 9.88 Å². The highest BCUT2D eigenvalue weighted by Gasteiger charge is 2.27. The number of pyridine rings is 1. The van der Waals surface area contributed by atoms with Crippen molar-refractivity contribution in [2.45, 2.75) is 19.3 Å². The van der Waals surface area contributed by atoms with Crippen molar-refractivity contribution < 1.29 is 9.59 Å². The first-order chi connectivity index (χ1) is 12.0. The second-order valence-corrected chi connectivity index (χ2v) is 7.27. The zero-order valence-electron chi connectivity index (χ0n) is 14.1. The molecule has 1 aromatic heterocycles. The number of likely N-dealkylation sites (tertiary alicyclic amines) is 1. The van der Waals surface area contributed by atoms with Gasteiger partial charge in [0.05, 0.1) is 11.6 Å². The van der Waals surface area contributed by atoms with Gasteiger partial charge in [0, 0.05) is 39.3 Å². The summed E-state index contributed by atoms with van der Waals surface area (Å²) in [5.74, 6) is -0.0199. The van der Waals surface area contributed by atoms with Gasteiger partial charge < -0.3 is 9.80 Å². The van der Waals surface area contributed by atoms with E-state index in [0.29, 0.717) is 37.7 Å². The van der Waals surface area contributed by atoms with Crippen molar-refractivity contribution in [2.75, 3.05) is 45.8 Å². The fourth-order valence-electron chi connectivity index (χ4n) is 3.26. The Morgan fingerprint density at radius 1 is 0.920 bits per heavy atom. The molecule has 3 heterocycles. The number of halogens is 2. The second-order valence-electron chi connectivity index (χ2n) is 6.47. The topological polar surface area (TPSA) is 56.8 Å². The minimum atomic E-state index is -0.213. The SMILES string of the molecule is O=C(CN1CCN(C(=O)c2nc(Cl)ccc2Cl)CC1)N1CCCCC1. The Hall–Kier alpha value is -1.37. The molecule has 2 saturated heterocycles. The van der Waals surface area contributed by atoms with Crippen LogP contribution in [0.25, 0.3) is 0 Å². The molecule has 1 aromatic rings. The molecule has 2 amide bonds. The highest BCUT2D eigenvalue weighted by molar-refractivity contribution is 6.34. The van der Waals surface area contributed by atoms with Crippen molar-refractivity contribution in [1.82, 2.24) is 19.7 Å². The predicted molar refractivity (Wildman–Crippen MR) is 97.0 cm³/mol. The standard InChI is InChI=1S/C17H22Cl2N4O2/c18-13-4-5-14(19)20-16(13)17(25)23-10-8-21(9-11-23)12-15(24)22-6-2-1-3-7-22/h4-5H,1-3,6-12H2. The van der Waals surface area contributed by atoms with Gasteiger partial charge in [0.1, 0.15) is 10.8 Å². The summed E-state index contributed by atoms with van der Waals surface area (Å²) in [6.45, 7) is 4.62. The number of piperazine rings is 1. The monoisotopic (exact) mass is 384 g/mol. The van der Waals surface area contributed by atoms with Crippen molar-refractivity contribution >= 4 is 35.0 Å². The zero-order chi connectivity index (χ0) is 17.8. The van der Waals surface area contributed by atoms with Crippen LogP contribution < -0.4 is 0 Å². The number of hydrogen-bond donors (Lipinski definition) is 0. The van der Waals surface area contributed by atoms with Crippen LogP contribution in [0.1, 0.15) is 29.8 Å².